The van der Waals surface area contributed by atoms with Crippen LogP contribution in [0.3, 0.4) is 0 Å². The lowest BCUT2D eigenvalue weighted by molar-refractivity contribution is 0.418. The summed E-state index contributed by atoms with van der Waals surface area (Å²) in [5.74, 6) is 0. The summed E-state index contributed by atoms with van der Waals surface area (Å²) < 4.78 is 1.08. The Balaban J connectivity index is 2.94. The number of halogens is 1. The summed E-state index contributed by atoms with van der Waals surface area (Å²) in [5.41, 5.74) is 8.46. The molecule has 0 heterocycles. The van der Waals surface area contributed by atoms with Gasteiger partial charge in [-0.1, -0.05) is 36.7 Å². The van der Waals surface area contributed by atoms with E-state index in [1.165, 1.54) is 11.3 Å². The van der Waals surface area contributed by atoms with Gasteiger partial charge in [0.25, 0.3) is 0 Å². The van der Waals surface area contributed by atoms with Gasteiger partial charge < -0.3 is 10.6 Å². The Hall–Kier alpha value is -0.540. The van der Waals surface area contributed by atoms with Crippen molar-refractivity contribution in [2.45, 2.75) is 27.3 Å². The first kappa shape index (κ1) is 13.5. The summed E-state index contributed by atoms with van der Waals surface area (Å²) >= 11 is 3.47. The minimum absolute atomic E-state index is 0.285. The standard InChI is InChI=1S/C13H21BrN2/c1-13(2,3)9-16(4)12-6-5-11(14)7-10(12)8-15/h5-7H,8-9,15H2,1-4H3. The van der Waals surface area contributed by atoms with Crippen LogP contribution in [0.2, 0.25) is 0 Å². The molecule has 0 atom stereocenters. The predicted octanol–water partition coefficient (Wildman–Crippen LogP) is 3.39. The maximum Gasteiger partial charge on any atom is 0.0410 e. The molecule has 0 spiro atoms. The van der Waals surface area contributed by atoms with Crippen molar-refractivity contribution in [2.75, 3.05) is 18.5 Å². The van der Waals surface area contributed by atoms with Gasteiger partial charge in [-0.25, -0.2) is 0 Å². The van der Waals surface area contributed by atoms with Crippen LogP contribution >= 0.6 is 15.9 Å². The van der Waals surface area contributed by atoms with E-state index in [2.05, 4.69) is 66.8 Å². The van der Waals surface area contributed by atoms with E-state index in [4.69, 9.17) is 5.73 Å². The Kier molecular flexibility index (Phi) is 4.39. The van der Waals surface area contributed by atoms with Crippen molar-refractivity contribution < 1.29 is 0 Å². The molecule has 3 heteroatoms. The minimum atomic E-state index is 0.285. The average molecular weight is 285 g/mol. The van der Waals surface area contributed by atoms with Gasteiger partial charge in [-0.2, -0.15) is 0 Å². The highest BCUT2D eigenvalue weighted by Gasteiger charge is 2.15. The summed E-state index contributed by atoms with van der Waals surface area (Å²) in [7, 11) is 2.12. The van der Waals surface area contributed by atoms with Gasteiger partial charge in [-0.3, -0.25) is 0 Å². The van der Waals surface area contributed by atoms with Crippen LogP contribution in [0.1, 0.15) is 26.3 Å². The van der Waals surface area contributed by atoms with Crippen LogP contribution in [-0.4, -0.2) is 13.6 Å². The molecule has 16 heavy (non-hydrogen) atoms. The van der Waals surface area contributed by atoms with E-state index >= 15 is 0 Å². The smallest absolute Gasteiger partial charge is 0.0410 e. The number of anilines is 1. The molecular formula is C13H21BrN2. The second kappa shape index (κ2) is 5.19. The fourth-order valence-corrected chi connectivity index (χ4v) is 2.30. The number of nitrogens with zero attached hydrogens (tertiary/aromatic N) is 1. The van der Waals surface area contributed by atoms with E-state index in [0.717, 1.165) is 11.0 Å². The van der Waals surface area contributed by atoms with Gasteiger partial charge >= 0.3 is 0 Å². The first-order chi connectivity index (χ1) is 7.33. The molecule has 1 aromatic carbocycles. The highest BCUT2D eigenvalue weighted by Crippen LogP contribution is 2.26. The molecule has 0 saturated carbocycles. The first-order valence-electron chi connectivity index (χ1n) is 5.53. The summed E-state index contributed by atoms with van der Waals surface area (Å²) in [6.45, 7) is 8.31. The van der Waals surface area contributed by atoms with Crippen LogP contribution in [0.5, 0.6) is 0 Å². The number of rotatable bonds is 3. The van der Waals surface area contributed by atoms with Crippen molar-refractivity contribution in [3.8, 4) is 0 Å². The highest BCUT2D eigenvalue weighted by molar-refractivity contribution is 9.10. The van der Waals surface area contributed by atoms with Gasteiger partial charge in [0.05, 0.1) is 0 Å². The molecule has 0 fully saturated rings. The quantitative estimate of drug-likeness (QED) is 0.922. The largest absolute Gasteiger partial charge is 0.374 e. The zero-order chi connectivity index (χ0) is 12.3. The van der Waals surface area contributed by atoms with E-state index in [1.54, 1.807) is 0 Å². The molecule has 1 rings (SSSR count). The first-order valence-corrected chi connectivity index (χ1v) is 6.32. The zero-order valence-corrected chi connectivity index (χ0v) is 12.1. The van der Waals surface area contributed by atoms with Crippen molar-refractivity contribution in [3.05, 3.63) is 28.2 Å². The second-order valence-corrected chi connectivity index (χ2v) is 6.31. The number of hydrogen-bond donors (Lipinski definition) is 1. The van der Waals surface area contributed by atoms with Crippen LogP contribution in [0.25, 0.3) is 0 Å². The summed E-state index contributed by atoms with van der Waals surface area (Å²) in [6.07, 6.45) is 0. The van der Waals surface area contributed by atoms with Crippen molar-refractivity contribution in [1.82, 2.24) is 0 Å². The molecule has 0 amide bonds. The number of hydrogen-bond acceptors (Lipinski definition) is 2. The van der Waals surface area contributed by atoms with E-state index < -0.39 is 0 Å². The molecule has 0 aromatic heterocycles. The minimum Gasteiger partial charge on any atom is -0.374 e. The van der Waals surface area contributed by atoms with Crippen LogP contribution in [0, 0.1) is 5.41 Å². The highest BCUT2D eigenvalue weighted by atomic mass is 79.9. The Morgan fingerprint density at radius 3 is 2.44 bits per heavy atom. The molecule has 0 aliphatic rings. The number of benzene rings is 1. The fraction of sp³-hybridized carbons (Fsp3) is 0.538. The van der Waals surface area contributed by atoms with Crippen LogP contribution in [0.15, 0.2) is 22.7 Å². The third-order valence-electron chi connectivity index (χ3n) is 2.38. The van der Waals surface area contributed by atoms with Crippen molar-refractivity contribution >= 4 is 21.6 Å². The van der Waals surface area contributed by atoms with Gasteiger partial charge in [0.15, 0.2) is 0 Å². The van der Waals surface area contributed by atoms with Crippen LogP contribution in [0.4, 0.5) is 5.69 Å². The molecule has 0 bridgehead atoms. The van der Waals surface area contributed by atoms with Crippen LogP contribution < -0.4 is 10.6 Å². The summed E-state index contributed by atoms with van der Waals surface area (Å²) in [4.78, 5) is 2.27. The maximum absolute atomic E-state index is 5.77. The van der Waals surface area contributed by atoms with Crippen molar-refractivity contribution in [2.24, 2.45) is 11.1 Å². The molecule has 1 aromatic rings. The monoisotopic (exact) mass is 284 g/mol. The van der Waals surface area contributed by atoms with Crippen molar-refractivity contribution in [3.63, 3.8) is 0 Å². The molecule has 0 saturated heterocycles. The molecule has 2 N–H and O–H groups in total. The van der Waals surface area contributed by atoms with Gasteiger partial charge in [-0.15, -0.1) is 0 Å². The van der Waals surface area contributed by atoms with Gasteiger partial charge in [0.2, 0.25) is 0 Å². The lowest BCUT2D eigenvalue weighted by Gasteiger charge is -2.29. The second-order valence-electron chi connectivity index (χ2n) is 5.39. The van der Waals surface area contributed by atoms with Gasteiger partial charge in [0, 0.05) is 30.3 Å². The van der Waals surface area contributed by atoms with Gasteiger partial charge in [0.1, 0.15) is 0 Å². The van der Waals surface area contributed by atoms with E-state index in [-0.39, 0.29) is 5.41 Å². The van der Waals surface area contributed by atoms with E-state index in [9.17, 15) is 0 Å². The third kappa shape index (κ3) is 3.80. The summed E-state index contributed by atoms with van der Waals surface area (Å²) in [6, 6.07) is 6.28. The molecule has 90 valence electrons. The predicted molar refractivity (Wildman–Crippen MR) is 74.8 cm³/mol. The molecule has 0 aliphatic carbocycles. The van der Waals surface area contributed by atoms with E-state index in [0.29, 0.717) is 6.54 Å². The SMILES string of the molecule is CN(CC(C)(C)C)c1ccc(Br)cc1CN. The van der Waals surface area contributed by atoms with Gasteiger partial charge in [-0.05, 0) is 29.2 Å². The lowest BCUT2D eigenvalue weighted by Crippen LogP contribution is -2.30. The fourth-order valence-electron chi connectivity index (χ4n) is 1.89. The molecular weight excluding hydrogens is 264 g/mol. The Bertz CT molecular complexity index is 355. The molecule has 0 aliphatic heterocycles. The van der Waals surface area contributed by atoms with E-state index in [1.807, 2.05) is 0 Å². The molecule has 2 nitrogen and oxygen atoms in total. The Morgan fingerprint density at radius 1 is 1.31 bits per heavy atom. The summed E-state index contributed by atoms with van der Waals surface area (Å²) in [5, 5.41) is 0. The average Bonchev–Trinajstić information content (AvgIpc) is 2.14. The Labute approximate surface area is 107 Å². The Morgan fingerprint density at radius 2 is 1.94 bits per heavy atom. The lowest BCUT2D eigenvalue weighted by atomic mass is 9.95. The molecule has 0 radical (unpaired) electrons. The zero-order valence-electron chi connectivity index (χ0n) is 10.5. The topological polar surface area (TPSA) is 29.3 Å². The maximum atomic E-state index is 5.77. The molecule has 0 unspecified atom stereocenters. The third-order valence-corrected chi connectivity index (χ3v) is 2.88. The number of nitrogens with two attached hydrogens (primary N) is 1. The van der Waals surface area contributed by atoms with Crippen molar-refractivity contribution in [1.29, 1.82) is 0 Å². The van der Waals surface area contributed by atoms with Crippen LogP contribution in [-0.2, 0) is 6.54 Å². The normalized spacial score (nSPS) is 11.6.